The molecule has 0 radical (unpaired) electrons. The van der Waals surface area contributed by atoms with E-state index in [1.807, 2.05) is 0 Å². The largest absolute Gasteiger partial charge is 0.481 e. The van der Waals surface area contributed by atoms with Crippen LogP contribution < -0.4 is 0 Å². The van der Waals surface area contributed by atoms with Crippen LogP contribution in [0.3, 0.4) is 0 Å². The van der Waals surface area contributed by atoms with Crippen molar-refractivity contribution in [3.63, 3.8) is 0 Å². The van der Waals surface area contributed by atoms with E-state index in [0.717, 1.165) is 31.2 Å². The van der Waals surface area contributed by atoms with E-state index in [9.17, 15) is 9.90 Å². The van der Waals surface area contributed by atoms with Gasteiger partial charge < -0.3 is 5.11 Å². The Morgan fingerprint density at radius 2 is 1.54 bits per heavy atom. The van der Waals surface area contributed by atoms with Crippen molar-refractivity contribution in [1.82, 2.24) is 0 Å². The second-order valence-corrected chi connectivity index (χ2v) is 9.52. The maximum atomic E-state index is 11.9. The summed E-state index contributed by atoms with van der Waals surface area (Å²) in [5, 5.41) is 9.80. The van der Waals surface area contributed by atoms with Crippen LogP contribution in [0.4, 0.5) is 0 Å². The summed E-state index contributed by atoms with van der Waals surface area (Å²) < 4.78 is 0. The molecule has 1 aromatic carbocycles. The Balaban J connectivity index is 2.16. The topological polar surface area (TPSA) is 37.3 Å². The van der Waals surface area contributed by atoms with E-state index in [-0.39, 0.29) is 16.7 Å². The van der Waals surface area contributed by atoms with Crippen LogP contribution in [-0.4, -0.2) is 11.1 Å². The molecule has 0 amide bonds. The highest BCUT2D eigenvalue weighted by molar-refractivity contribution is 5.76. The first-order valence-electron chi connectivity index (χ1n) is 10.6. The molecule has 26 heavy (non-hydrogen) atoms. The normalized spacial score (nSPS) is 19.0. The lowest BCUT2D eigenvalue weighted by Crippen LogP contribution is -2.34. The van der Waals surface area contributed by atoms with Crippen LogP contribution in [0.25, 0.3) is 0 Å². The van der Waals surface area contributed by atoms with Gasteiger partial charge in [-0.15, -0.1) is 0 Å². The number of carboxylic acids is 1. The standard InChI is InChI=1S/C24H38O2/c1-6-7-8-9-10-11-12-19(22(25)26)18-13-14-20-21(17-18)24(4,5)16-15-23(20,2)3/h13-14,17,19H,6-12,15-16H2,1-5H3,(H,25,26)/t19-/m0/s1. The van der Waals surface area contributed by atoms with Gasteiger partial charge >= 0.3 is 5.97 Å². The van der Waals surface area contributed by atoms with E-state index in [1.54, 1.807) is 0 Å². The van der Waals surface area contributed by atoms with Crippen LogP contribution in [0.2, 0.25) is 0 Å². The molecule has 2 nitrogen and oxygen atoms in total. The third-order valence-corrected chi connectivity index (χ3v) is 6.42. The fourth-order valence-corrected chi connectivity index (χ4v) is 4.38. The van der Waals surface area contributed by atoms with E-state index >= 15 is 0 Å². The predicted molar refractivity (Wildman–Crippen MR) is 110 cm³/mol. The molecule has 0 aromatic heterocycles. The minimum Gasteiger partial charge on any atom is -0.481 e. The van der Waals surface area contributed by atoms with Crippen LogP contribution in [0.5, 0.6) is 0 Å². The first-order chi connectivity index (χ1) is 12.2. The van der Waals surface area contributed by atoms with Crippen LogP contribution in [0, 0.1) is 0 Å². The van der Waals surface area contributed by atoms with Crippen LogP contribution in [0.1, 0.15) is 115 Å². The number of rotatable bonds is 9. The number of carbonyl (C=O) groups is 1. The Kier molecular flexibility index (Phi) is 6.93. The highest BCUT2D eigenvalue weighted by Gasteiger charge is 2.37. The minimum atomic E-state index is -0.675. The molecule has 0 bridgehead atoms. The van der Waals surface area contributed by atoms with Gasteiger partial charge in [-0.3, -0.25) is 4.79 Å². The molecule has 1 atom stereocenters. The lowest BCUT2D eigenvalue weighted by molar-refractivity contribution is -0.139. The number of benzene rings is 1. The molecule has 0 spiro atoms. The average molecular weight is 359 g/mol. The van der Waals surface area contributed by atoms with Gasteiger partial charge in [0.25, 0.3) is 0 Å². The molecule has 1 aromatic rings. The molecule has 0 aliphatic heterocycles. The number of carboxylic acid groups (broad SMARTS) is 1. The summed E-state index contributed by atoms with van der Waals surface area (Å²) in [6, 6.07) is 6.51. The summed E-state index contributed by atoms with van der Waals surface area (Å²) in [6.45, 7) is 11.4. The van der Waals surface area contributed by atoms with Crippen molar-refractivity contribution in [2.75, 3.05) is 0 Å². The third-order valence-electron chi connectivity index (χ3n) is 6.42. The van der Waals surface area contributed by atoms with Crippen molar-refractivity contribution in [1.29, 1.82) is 0 Å². The number of aliphatic carboxylic acids is 1. The summed E-state index contributed by atoms with van der Waals surface area (Å²) >= 11 is 0. The first kappa shape index (κ1) is 21.0. The predicted octanol–water partition coefficient (Wildman–Crippen LogP) is 6.95. The quantitative estimate of drug-likeness (QED) is 0.485. The molecule has 1 aliphatic rings. The van der Waals surface area contributed by atoms with E-state index in [1.165, 1.54) is 43.2 Å². The SMILES string of the molecule is CCCCCCCC[C@H](C(=O)O)c1ccc2c(c1)C(C)(C)CCC2(C)C. The second-order valence-electron chi connectivity index (χ2n) is 9.52. The summed E-state index contributed by atoms with van der Waals surface area (Å²) in [4.78, 5) is 11.9. The molecule has 0 saturated heterocycles. The maximum absolute atomic E-state index is 11.9. The van der Waals surface area contributed by atoms with Crippen molar-refractivity contribution in [3.05, 3.63) is 34.9 Å². The lowest BCUT2D eigenvalue weighted by atomic mass is 9.62. The molecular weight excluding hydrogens is 320 g/mol. The van der Waals surface area contributed by atoms with Crippen molar-refractivity contribution < 1.29 is 9.90 Å². The van der Waals surface area contributed by atoms with Gasteiger partial charge in [0.1, 0.15) is 0 Å². The van der Waals surface area contributed by atoms with E-state index in [4.69, 9.17) is 0 Å². The second kappa shape index (κ2) is 8.59. The van der Waals surface area contributed by atoms with Gasteiger partial charge in [-0.2, -0.15) is 0 Å². The van der Waals surface area contributed by atoms with Crippen molar-refractivity contribution in [2.24, 2.45) is 0 Å². The fourth-order valence-electron chi connectivity index (χ4n) is 4.38. The smallest absolute Gasteiger partial charge is 0.310 e. The van der Waals surface area contributed by atoms with Crippen molar-refractivity contribution >= 4 is 5.97 Å². The third kappa shape index (κ3) is 4.90. The molecule has 0 saturated carbocycles. The highest BCUT2D eigenvalue weighted by Crippen LogP contribution is 2.46. The summed E-state index contributed by atoms with van der Waals surface area (Å²) in [7, 11) is 0. The zero-order chi connectivity index (χ0) is 19.4. The van der Waals surface area contributed by atoms with E-state index in [2.05, 4.69) is 52.8 Å². The van der Waals surface area contributed by atoms with Crippen LogP contribution >= 0.6 is 0 Å². The van der Waals surface area contributed by atoms with Gasteiger partial charge in [-0.05, 0) is 46.8 Å². The zero-order valence-corrected chi connectivity index (χ0v) is 17.5. The molecule has 146 valence electrons. The van der Waals surface area contributed by atoms with Gasteiger partial charge in [-0.25, -0.2) is 0 Å². The molecule has 2 rings (SSSR count). The Morgan fingerprint density at radius 3 is 2.15 bits per heavy atom. The molecule has 1 N–H and O–H groups in total. The zero-order valence-electron chi connectivity index (χ0n) is 17.5. The minimum absolute atomic E-state index is 0.129. The molecule has 0 unspecified atom stereocenters. The maximum Gasteiger partial charge on any atom is 0.310 e. The molecular formula is C24H38O2. The van der Waals surface area contributed by atoms with Crippen molar-refractivity contribution in [2.45, 2.75) is 109 Å². The Hall–Kier alpha value is -1.31. The van der Waals surface area contributed by atoms with Crippen LogP contribution in [-0.2, 0) is 15.6 Å². The summed E-state index contributed by atoms with van der Waals surface area (Å²) in [6.07, 6.45) is 10.3. The summed E-state index contributed by atoms with van der Waals surface area (Å²) in [5.74, 6) is -1.04. The van der Waals surface area contributed by atoms with Gasteiger partial charge in [0.2, 0.25) is 0 Å². The van der Waals surface area contributed by atoms with Gasteiger partial charge in [0.15, 0.2) is 0 Å². The molecule has 1 aliphatic carbocycles. The fraction of sp³-hybridized carbons (Fsp3) is 0.708. The Labute approximate surface area is 160 Å². The van der Waals surface area contributed by atoms with E-state index in [0.29, 0.717) is 0 Å². The molecule has 0 heterocycles. The van der Waals surface area contributed by atoms with Gasteiger partial charge in [-0.1, -0.05) is 91.3 Å². The lowest BCUT2D eigenvalue weighted by Gasteiger charge is -2.42. The van der Waals surface area contributed by atoms with Crippen molar-refractivity contribution in [3.8, 4) is 0 Å². The number of hydrogen-bond acceptors (Lipinski definition) is 1. The Morgan fingerprint density at radius 1 is 0.962 bits per heavy atom. The molecule has 0 fully saturated rings. The Bertz CT molecular complexity index is 613. The summed E-state index contributed by atoms with van der Waals surface area (Å²) in [5.41, 5.74) is 4.07. The highest BCUT2D eigenvalue weighted by atomic mass is 16.4. The number of hydrogen-bond donors (Lipinski definition) is 1. The van der Waals surface area contributed by atoms with Crippen LogP contribution in [0.15, 0.2) is 18.2 Å². The first-order valence-corrected chi connectivity index (χ1v) is 10.6. The average Bonchev–Trinajstić information content (AvgIpc) is 2.58. The van der Waals surface area contributed by atoms with Gasteiger partial charge in [0, 0.05) is 0 Å². The number of unbranched alkanes of at least 4 members (excludes halogenated alkanes) is 5. The van der Waals surface area contributed by atoms with Gasteiger partial charge in [0.05, 0.1) is 5.92 Å². The van der Waals surface area contributed by atoms with E-state index < -0.39 is 5.97 Å². The molecule has 2 heteroatoms. The number of fused-ring (bicyclic) bond motifs is 1. The monoisotopic (exact) mass is 358 g/mol.